The van der Waals surface area contributed by atoms with Crippen molar-refractivity contribution in [1.82, 2.24) is 9.55 Å². The predicted molar refractivity (Wildman–Crippen MR) is 145 cm³/mol. The van der Waals surface area contributed by atoms with Crippen LogP contribution in [0.3, 0.4) is 0 Å². The van der Waals surface area contributed by atoms with Crippen LogP contribution in [0.2, 0.25) is 0 Å². The Hall–Kier alpha value is -4.18. The fourth-order valence-electron chi connectivity index (χ4n) is 3.94. The van der Waals surface area contributed by atoms with E-state index >= 15 is 0 Å². The van der Waals surface area contributed by atoms with Crippen LogP contribution in [0.1, 0.15) is 32.3 Å². The Morgan fingerprint density at radius 2 is 1.78 bits per heavy atom. The minimum absolute atomic E-state index is 0.148. The quantitative estimate of drug-likeness (QED) is 0.141. The summed E-state index contributed by atoms with van der Waals surface area (Å²) >= 11 is 1.13. The highest BCUT2D eigenvalue weighted by Gasteiger charge is 2.23. The molecule has 0 aliphatic heterocycles. The zero-order valence-electron chi connectivity index (χ0n) is 20.8. The van der Waals surface area contributed by atoms with Crippen LogP contribution in [0.25, 0.3) is 16.6 Å². The molecule has 1 atom stereocenters. The van der Waals surface area contributed by atoms with Gasteiger partial charge in [-0.05, 0) is 42.7 Å². The van der Waals surface area contributed by atoms with Gasteiger partial charge in [0.2, 0.25) is 5.91 Å². The van der Waals surface area contributed by atoms with Gasteiger partial charge in [-0.2, -0.15) is 0 Å². The van der Waals surface area contributed by atoms with Gasteiger partial charge in [0.15, 0.2) is 5.16 Å². The van der Waals surface area contributed by atoms with E-state index in [1.807, 2.05) is 38.1 Å². The number of nitro benzene ring substituents is 1. The number of non-ortho nitro benzene ring substituents is 1. The number of benzene rings is 3. The summed E-state index contributed by atoms with van der Waals surface area (Å²) in [6, 6.07) is 18.7. The van der Waals surface area contributed by atoms with E-state index in [4.69, 9.17) is 9.72 Å². The molecule has 1 amide bonds. The maximum Gasteiger partial charge on any atom is 0.271 e. The molecule has 0 bridgehead atoms. The number of carbonyl (C=O) groups excluding carboxylic acids is 1. The zero-order chi connectivity index (χ0) is 26.7. The number of nitro groups is 1. The molecule has 1 unspecified atom stereocenters. The highest BCUT2D eigenvalue weighted by molar-refractivity contribution is 8.00. The molecule has 10 heteroatoms. The molecule has 190 valence electrons. The third-order valence-corrected chi connectivity index (χ3v) is 6.90. The number of ether oxygens (including phenoxy) is 1. The van der Waals surface area contributed by atoms with Gasteiger partial charge >= 0.3 is 0 Å². The molecule has 37 heavy (non-hydrogen) atoms. The van der Waals surface area contributed by atoms with E-state index in [2.05, 4.69) is 5.32 Å². The van der Waals surface area contributed by atoms with Crippen molar-refractivity contribution in [3.8, 4) is 11.4 Å². The molecule has 0 saturated heterocycles. The van der Waals surface area contributed by atoms with E-state index in [1.165, 1.54) is 25.3 Å². The van der Waals surface area contributed by atoms with Crippen molar-refractivity contribution in [3.05, 3.63) is 92.8 Å². The Labute approximate surface area is 217 Å². The van der Waals surface area contributed by atoms with E-state index in [-0.39, 0.29) is 22.9 Å². The van der Waals surface area contributed by atoms with Crippen molar-refractivity contribution < 1.29 is 14.5 Å². The molecule has 1 aromatic heterocycles. The molecule has 1 N–H and O–H groups in total. The van der Waals surface area contributed by atoms with Crippen molar-refractivity contribution in [2.24, 2.45) is 0 Å². The van der Waals surface area contributed by atoms with E-state index < -0.39 is 16.1 Å². The molecule has 3 aromatic carbocycles. The number of fused-ring (bicyclic) bond motifs is 1. The van der Waals surface area contributed by atoms with Gasteiger partial charge in [-0.3, -0.25) is 24.3 Å². The normalized spacial score (nSPS) is 11.9. The van der Waals surface area contributed by atoms with Gasteiger partial charge in [0.1, 0.15) is 5.75 Å². The number of para-hydroxylation sites is 2. The van der Waals surface area contributed by atoms with Gasteiger partial charge in [0.25, 0.3) is 11.2 Å². The lowest BCUT2D eigenvalue weighted by Crippen LogP contribution is -2.27. The number of anilines is 1. The second-order valence-electron chi connectivity index (χ2n) is 8.66. The SMILES string of the molecule is COc1ccc([N+](=O)[O-])cc1NC(=O)C(C)Sc1nc2ccccc2c(=O)n1-c1ccccc1C(C)C. The van der Waals surface area contributed by atoms with Crippen LogP contribution in [-0.2, 0) is 4.79 Å². The minimum atomic E-state index is -0.700. The van der Waals surface area contributed by atoms with Crippen molar-refractivity contribution in [1.29, 1.82) is 0 Å². The van der Waals surface area contributed by atoms with E-state index in [1.54, 1.807) is 35.8 Å². The second kappa shape index (κ2) is 10.8. The predicted octanol–water partition coefficient (Wildman–Crippen LogP) is 5.55. The summed E-state index contributed by atoms with van der Waals surface area (Å²) < 4.78 is 6.81. The van der Waals surface area contributed by atoms with Crippen molar-refractivity contribution in [3.63, 3.8) is 0 Å². The van der Waals surface area contributed by atoms with Gasteiger partial charge in [0, 0.05) is 12.1 Å². The first kappa shape index (κ1) is 25.9. The van der Waals surface area contributed by atoms with E-state index in [9.17, 15) is 19.7 Å². The smallest absolute Gasteiger partial charge is 0.271 e. The second-order valence-corrected chi connectivity index (χ2v) is 9.96. The summed E-state index contributed by atoms with van der Waals surface area (Å²) in [6.07, 6.45) is 0. The van der Waals surface area contributed by atoms with E-state index in [0.717, 1.165) is 17.3 Å². The number of thioether (sulfide) groups is 1. The number of amides is 1. The summed E-state index contributed by atoms with van der Waals surface area (Å²) in [5.41, 5.74) is 1.99. The fourth-order valence-corrected chi connectivity index (χ4v) is 4.86. The summed E-state index contributed by atoms with van der Waals surface area (Å²) in [7, 11) is 1.42. The van der Waals surface area contributed by atoms with Crippen molar-refractivity contribution in [2.45, 2.75) is 37.1 Å². The Bertz CT molecular complexity index is 1550. The topological polar surface area (TPSA) is 116 Å². The zero-order valence-corrected chi connectivity index (χ0v) is 21.6. The first-order valence-electron chi connectivity index (χ1n) is 11.6. The Kier molecular flexibility index (Phi) is 7.58. The molecular formula is C27H26N4O5S. The molecule has 4 rings (SSSR count). The number of rotatable bonds is 8. The molecule has 0 fully saturated rings. The number of nitrogens with one attached hydrogen (secondary N) is 1. The lowest BCUT2D eigenvalue weighted by Gasteiger charge is -2.20. The molecule has 1 heterocycles. The monoisotopic (exact) mass is 518 g/mol. The largest absolute Gasteiger partial charge is 0.495 e. The average Bonchev–Trinajstić information content (AvgIpc) is 2.88. The standard InChI is InChI=1S/C27H26N4O5S/c1-16(2)19-9-6-8-12-23(19)30-26(33)20-10-5-7-11-21(20)29-27(30)37-17(3)25(32)28-22-15-18(31(34)35)13-14-24(22)36-4/h5-17H,1-4H3,(H,28,32). The highest BCUT2D eigenvalue weighted by atomic mass is 32.2. The molecule has 0 saturated carbocycles. The van der Waals surface area contributed by atoms with Crippen LogP contribution < -0.4 is 15.6 Å². The first-order valence-corrected chi connectivity index (χ1v) is 12.5. The van der Waals surface area contributed by atoms with Crippen molar-refractivity contribution in [2.75, 3.05) is 12.4 Å². The van der Waals surface area contributed by atoms with Gasteiger partial charge in [-0.15, -0.1) is 0 Å². The summed E-state index contributed by atoms with van der Waals surface area (Å²) in [5.74, 6) is 0.0205. The molecule has 9 nitrogen and oxygen atoms in total. The Balaban J connectivity index is 1.75. The van der Waals surface area contributed by atoms with E-state index in [0.29, 0.717) is 27.5 Å². The van der Waals surface area contributed by atoms with Crippen LogP contribution in [0, 0.1) is 10.1 Å². The maximum absolute atomic E-state index is 13.7. The molecule has 0 aliphatic rings. The van der Waals surface area contributed by atoms with Crippen LogP contribution in [0.5, 0.6) is 5.75 Å². The van der Waals surface area contributed by atoms with Crippen LogP contribution >= 0.6 is 11.8 Å². The van der Waals surface area contributed by atoms with Gasteiger partial charge in [-0.1, -0.05) is 55.9 Å². The number of hydrogen-bond donors (Lipinski definition) is 1. The molecular weight excluding hydrogens is 492 g/mol. The number of carbonyl (C=O) groups is 1. The molecule has 0 spiro atoms. The number of hydrogen-bond acceptors (Lipinski definition) is 7. The summed E-state index contributed by atoms with van der Waals surface area (Å²) in [4.78, 5) is 42.3. The maximum atomic E-state index is 13.7. The van der Waals surface area contributed by atoms with Crippen LogP contribution in [0.15, 0.2) is 76.7 Å². The van der Waals surface area contributed by atoms with Gasteiger partial charge in [-0.25, -0.2) is 4.98 Å². The summed E-state index contributed by atoms with van der Waals surface area (Å²) in [6.45, 7) is 5.78. The van der Waals surface area contributed by atoms with Gasteiger partial charge < -0.3 is 10.1 Å². The lowest BCUT2D eigenvalue weighted by molar-refractivity contribution is -0.384. The van der Waals surface area contributed by atoms with Crippen molar-refractivity contribution >= 4 is 39.9 Å². The lowest BCUT2D eigenvalue weighted by atomic mass is 10.0. The highest BCUT2D eigenvalue weighted by Crippen LogP contribution is 2.32. The number of nitrogens with zero attached hydrogens (tertiary/aromatic N) is 3. The Morgan fingerprint density at radius 3 is 2.49 bits per heavy atom. The van der Waals surface area contributed by atoms with Crippen LogP contribution in [0.4, 0.5) is 11.4 Å². The molecule has 0 aliphatic carbocycles. The third kappa shape index (κ3) is 5.34. The summed E-state index contributed by atoms with van der Waals surface area (Å²) in [5, 5.41) is 14.1. The van der Waals surface area contributed by atoms with Crippen LogP contribution in [-0.4, -0.2) is 32.7 Å². The molecule has 0 radical (unpaired) electrons. The first-order chi connectivity index (χ1) is 17.7. The number of methoxy groups -OCH3 is 1. The fraction of sp³-hybridized carbons (Fsp3) is 0.222. The van der Waals surface area contributed by atoms with Gasteiger partial charge in [0.05, 0.1) is 39.6 Å². The minimum Gasteiger partial charge on any atom is -0.495 e. The Morgan fingerprint density at radius 1 is 1.08 bits per heavy atom. The molecule has 4 aromatic rings. The number of aromatic nitrogens is 2. The third-order valence-electron chi connectivity index (χ3n) is 5.85. The average molecular weight is 519 g/mol.